The first-order valence-corrected chi connectivity index (χ1v) is 8.37. The van der Waals surface area contributed by atoms with Gasteiger partial charge in [-0.25, -0.2) is 13.6 Å². The predicted octanol–water partition coefficient (Wildman–Crippen LogP) is 1.56. The number of likely N-dealkylation sites (N-methyl/N-ethyl adjacent to an activating group) is 1. The van der Waals surface area contributed by atoms with E-state index in [2.05, 4.69) is 5.32 Å². The van der Waals surface area contributed by atoms with Crippen LogP contribution in [0.1, 0.15) is 32.3 Å². The second-order valence-corrected chi connectivity index (χ2v) is 6.40. The molecule has 1 unspecified atom stereocenters. The summed E-state index contributed by atoms with van der Waals surface area (Å²) in [7, 11) is -3.94. The van der Waals surface area contributed by atoms with E-state index in [0.29, 0.717) is 12.0 Å². The molecule has 1 atom stereocenters. The highest BCUT2D eigenvalue weighted by atomic mass is 32.2. The van der Waals surface area contributed by atoms with Gasteiger partial charge in [0.05, 0.1) is 9.82 Å². The summed E-state index contributed by atoms with van der Waals surface area (Å²) in [5.74, 6) is 0. The maximum atomic E-state index is 11.3. The minimum Gasteiger partial charge on any atom is -0.314 e. The van der Waals surface area contributed by atoms with Gasteiger partial charge >= 0.3 is 0 Å². The van der Waals surface area contributed by atoms with E-state index in [-0.39, 0.29) is 16.6 Å². The summed E-state index contributed by atoms with van der Waals surface area (Å²) in [5, 5.41) is 19.4. The number of hydrogen-bond acceptors (Lipinski definition) is 5. The van der Waals surface area contributed by atoms with E-state index in [4.69, 9.17) is 5.14 Å². The fourth-order valence-corrected chi connectivity index (χ4v) is 2.78. The number of primary sulfonamides is 1. The first kappa shape index (κ1) is 17.5. The van der Waals surface area contributed by atoms with E-state index in [0.717, 1.165) is 25.5 Å². The maximum absolute atomic E-state index is 11.3. The van der Waals surface area contributed by atoms with Crippen LogP contribution in [0.15, 0.2) is 23.1 Å². The summed E-state index contributed by atoms with van der Waals surface area (Å²) < 4.78 is 22.6. The standard InChI is InChI=1S/C13H21N3O4S/c1-3-5-11(15-4-2)8-10-6-7-12(21(14,19)20)9-13(10)16(17)18/h6-7,9,11,15H,3-5,8H2,1-2H3,(H2,14,19,20). The summed E-state index contributed by atoms with van der Waals surface area (Å²) in [4.78, 5) is 10.3. The molecule has 21 heavy (non-hydrogen) atoms. The molecule has 118 valence electrons. The smallest absolute Gasteiger partial charge is 0.273 e. The second kappa shape index (κ2) is 7.48. The molecular formula is C13H21N3O4S. The van der Waals surface area contributed by atoms with Crippen molar-refractivity contribution in [2.24, 2.45) is 5.14 Å². The molecule has 0 saturated carbocycles. The highest BCUT2D eigenvalue weighted by molar-refractivity contribution is 7.89. The number of nitrogens with zero attached hydrogens (tertiary/aromatic N) is 1. The molecule has 3 N–H and O–H groups in total. The first-order valence-electron chi connectivity index (χ1n) is 6.83. The van der Waals surface area contributed by atoms with Gasteiger partial charge in [0.15, 0.2) is 0 Å². The Morgan fingerprint density at radius 1 is 1.38 bits per heavy atom. The molecule has 0 aliphatic carbocycles. The zero-order valence-corrected chi connectivity index (χ0v) is 13.0. The largest absolute Gasteiger partial charge is 0.314 e. The lowest BCUT2D eigenvalue weighted by Gasteiger charge is -2.17. The second-order valence-electron chi connectivity index (χ2n) is 4.84. The molecule has 1 aromatic carbocycles. The maximum Gasteiger partial charge on any atom is 0.273 e. The molecular weight excluding hydrogens is 294 g/mol. The van der Waals surface area contributed by atoms with E-state index in [9.17, 15) is 18.5 Å². The molecule has 0 aromatic heterocycles. The first-order chi connectivity index (χ1) is 9.79. The van der Waals surface area contributed by atoms with Crippen molar-refractivity contribution in [2.75, 3.05) is 6.54 Å². The average molecular weight is 315 g/mol. The Labute approximate surface area is 124 Å². The summed E-state index contributed by atoms with van der Waals surface area (Å²) in [5.41, 5.74) is 0.298. The van der Waals surface area contributed by atoms with Crippen LogP contribution in [0.25, 0.3) is 0 Å². The summed E-state index contributed by atoms with van der Waals surface area (Å²) in [6.07, 6.45) is 2.32. The Bertz CT molecular complexity index is 595. The molecule has 0 aliphatic heterocycles. The Hall–Kier alpha value is -1.51. The molecule has 0 spiro atoms. The SMILES string of the molecule is CCCC(Cc1ccc(S(N)(=O)=O)cc1[N+](=O)[O-])NCC. The molecule has 0 bridgehead atoms. The number of nitrogens with two attached hydrogens (primary N) is 1. The number of sulfonamides is 1. The van der Waals surface area contributed by atoms with Crippen LogP contribution < -0.4 is 10.5 Å². The van der Waals surface area contributed by atoms with Gasteiger partial charge in [-0.2, -0.15) is 0 Å². The predicted molar refractivity (Wildman–Crippen MR) is 80.5 cm³/mol. The van der Waals surface area contributed by atoms with Crippen LogP contribution in [-0.2, 0) is 16.4 Å². The average Bonchev–Trinajstić information content (AvgIpc) is 2.38. The quantitative estimate of drug-likeness (QED) is 0.558. The van der Waals surface area contributed by atoms with Gasteiger partial charge in [0.25, 0.3) is 5.69 Å². The summed E-state index contributed by atoms with van der Waals surface area (Å²) >= 11 is 0. The molecule has 1 rings (SSSR count). The zero-order chi connectivity index (χ0) is 16.0. The van der Waals surface area contributed by atoms with Crippen LogP contribution in [0, 0.1) is 10.1 Å². The topological polar surface area (TPSA) is 115 Å². The zero-order valence-electron chi connectivity index (χ0n) is 12.2. The van der Waals surface area contributed by atoms with Crippen molar-refractivity contribution in [3.63, 3.8) is 0 Å². The molecule has 8 heteroatoms. The highest BCUT2D eigenvalue weighted by Crippen LogP contribution is 2.24. The number of nitrogens with one attached hydrogen (secondary N) is 1. The molecule has 1 aromatic rings. The van der Waals surface area contributed by atoms with Crippen molar-refractivity contribution < 1.29 is 13.3 Å². The number of hydrogen-bond donors (Lipinski definition) is 2. The third kappa shape index (κ3) is 5.07. The van der Waals surface area contributed by atoms with Gasteiger partial charge in [-0.15, -0.1) is 0 Å². The van der Waals surface area contributed by atoms with Crippen molar-refractivity contribution in [3.8, 4) is 0 Å². The van der Waals surface area contributed by atoms with Crippen molar-refractivity contribution in [1.29, 1.82) is 0 Å². The molecule has 0 fully saturated rings. The fourth-order valence-electron chi connectivity index (χ4n) is 2.24. The number of nitro groups is 1. The van der Waals surface area contributed by atoms with E-state index in [1.54, 1.807) is 0 Å². The molecule has 7 nitrogen and oxygen atoms in total. The Morgan fingerprint density at radius 2 is 2.05 bits per heavy atom. The van der Waals surface area contributed by atoms with Gasteiger partial charge in [0.1, 0.15) is 0 Å². The summed E-state index contributed by atoms with van der Waals surface area (Å²) in [6.45, 7) is 4.79. The molecule has 0 radical (unpaired) electrons. The minimum absolute atomic E-state index is 0.124. The van der Waals surface area contributed by atoms with Crippen molar-refractivity contribution >= 4 is 15.7 Å². The van der Waals surface area contributed by atoms with Crippen LogP contribution in [0.3, 0.4) is 0 Å². The van der Waals surface area contributed by atoms with Crippen LogP contribution in [0.4, 0.5) is 5.69 Å². The Morgan fingerprint density at radius 3 is 2.52 bits per heavy atom. The van der Waals surface area contributed by atoms with Gasteiger partial charge in [0, 0.05) is 17.7 Å². The third-order valence-corrected chi connectivity index (χ3v) is 4.09. The minimum atomic E-state index is -3.94. The number of rotatable bonds is 8. The molecule has 0 amide bonds. The van der Waals surface area contributed by atoms with Gasteiger partial charge < -0.3 is 5.32 Å². The lowest BCUT2D eigenvalue weighted by atomic mass is 10.0. The van der Waals surface area contributed by atoms with Crippen molar-refractivity contribution in [2.45, 2.75) is 44.0 Å². The van der Waals surface area contributed by atoms with Crippen LogP contribution in [-0.4, -0.2) is 25.9 Å². The molecule has 0 heterocycles. The van der Waals surface area contributed by atoms with E-state index in [1.807, 2.05) is 13.8 Å². The van der Waals surface area contributed by atoms with Gasteiger partial charge in [-0.3, -0.25) is 10.1 Å². The van der Waals surface area contributed by atoms with Gasteiger partial charge in [-0.05, 0) is 25.5 Å². The van der Waals surface area contributed by atoms with Crippen LogP contribution in [0.5, 0.6) is 0 Å². The summed E-state index contributed by atoms with van der Waals surface area (Å²) in [6, 6.07) is 3.93. The monoisotopic (exact) mass is 315 g/mol. The lowest BCUT2D eigenvalue weighted by Crippen LogP contribution is -2.31. The van der Waals surface area contributed by atoms with E-state index in [1.165, 1.54) is 12.1 Å². The molecule has 0 aliphatic rings. The Kier molecular flexibility index (Phi) is 6.25. The van der Waals surface area contributed by atoms with Crippen molar-refractivity contribution in [1.82, 2.24) is 5.32 Å². The molecule has 0 saturated heterocycles. The van der Waals surface area contributed by atoms with E-state index >= 15 is 0 Å². The van der Waals surface area contributed by atoms with Crippen LogP contribution in [0.2, 0.25) is 0 Å². The van der Waals surface area contributed by atoms with E-state index < -0.39 is 14.9 Å². The highest BCUT2D eigenvalue weighted by Gasteiger charge is 2.21. The van der Waals surface area contributed by atoms with Gasteiger partial charge in [-0.1, -0.05) is 26.3 Å². The van der Waals surface area contributed by atoms with Crippen molar-refractivity contribution in [3.05, 3.63) is 33.9 Å². The lowest BCUT2D eigenvalue weighted by molar-refractivity contribution is -0.385. The number of nitro benzene ring substituents is 1. The third-order valence-electron chi connectivity index (χ3n) is 3.18. The van der Waals surface area contributed by atoms with Crippen LogP contribution >= 0.6 is 0 Å². The Balaban J connectivity index is 3.14. The van der Waals surface area contributed by atoms with Gasteiger partial charge in [0.2, 0.25) is 10.0 Å². The fraction of sp³-hybridized carbons (Fsp3) is 0.538. The normalized spacial score (nSPS) is 13.1. The number of benzene rings is 1.